The topological polar surface area (TPSA) is 298 Å². The number of aliphatic hydroxyl groups excluding tert-OH is 2. The van der Waals surface area contributed by atoms with Crippen molar-refractivity contribution in [3.63, 3.8) is 0 Å². The van der Waals surface area contributed by atoms with E-state index in [2.05, 4.69) is 39.7 Å². The summed E-state index contributed by atoms with van der Waals surface area (Å²) in [6.45, 7) is 6.60. The number of aliphatic hydroxyl groups is 2. The quantitative estimate of drug-likeness (QED) is 0.103. The molecule has 302 valence electrons. The maximum atomic E-state index is 10.3. The third-order valence-corrected chi connectivity index (χ3v) is 4.01. The zero-order valence-electron chi connectivity index (χ0n) is 31.7. The zero-order valence-corrected chi connectivity index (χ0v) is 31.7. The molecule has 0 rings (SSSR count). The molecule has 0 atom stereocenters. The molecule has 0 aliphatic heterocycles. The molecule has 0 heterocycles. The van der Waals surface area contributed by atoms with Crippen LogP contribution in [-0.4, -0.2) is 121 Å². The van der Waals surface area contributed by atoms with Gasteiger partial charge in [0.15, 0.2) is 0 Å². The third-order valence-electron chi connectivity index (χ3n) is 4.01. The van der Waals surface area contributed by atoms with Gasteiger partial charge in [-0.1, -0.05) is 43.4 Å². The van der Waals surface area contributed by atoms with Gasteiger partial charge in [-0.2, -0.15) is 10.5 Å². The van der Waals surface area contributed by atoms with Gasteiger partial charge in [-0.3, -0.25) is 28.8 Å². The van der Waals surface area contributed by atoms with Gasteiger partial charge in [-0.05, 0) is 6.42 Å². The molecular weight excluding hydrogens is 706 g/mol. The van der Waals surface area contributed by atoms with Crippen LogP contribution in [0.3, 0.4) is 0 Å². The summed E-state index contributed by atoms with van der Waals surface area (Å²) in [6.07, 6.45) is 12.6. The van der Waals surface area contributed by atoms with E-state index < -0.39 is 18.5 Å². The predicted molar refractivity (Wildman–Crippen MR) is 190 cm³/mol. The number of nitriles is 2. The van der Waals surface area contributed by atoms with Crippen LogP contribution in [0.5, 0.6) is 0 Å². The molecule has 0 fully saturated rings. The molecule has 0 radical (unpaired) electrons. The number of carbonyl (C=O) groups excluding carboxylic acids is 7. The molecule has 0 aliphatic carbocycles. The first-order chi connectivity index (χ1) is 25.1. The van der Waals surface area contributed by atoms with Gasteiger partial charge in [-0.15, -0.1) is 6.58 Å². The Kier molecular flexibility index (Phi) is 68.5. The molecule has 53 heavy (non-hydrogen) atoms. The average Bonchev–Trinajstić information content (AvgIpc) is 3.17. The number of hydrogen-bond donors (Lipinski definition) is 3. The van der Waals surface area contributed by atoms with Crippen LogP contribution in [0, 0.1) is 22.7 Å². The maximum absolute atomic E-state index is 10.3. The SMILES string of the molecule is C=CCC(=O)OC.CCC=CCOC(C)=O.COC(=O)CC#N.COC(=O)CC=CC#N.COC(=O)CC=CCO.COC(=O)CN.COC(=O)CO. The minimum Gasteiger partial charge on any atom is -0.469 e. The normalized spacial score (nSPS) is 8.55. The Balaban J connectivity index is -0.0000000938. The fourth-order valence-corrected chi connectivity index (χ4v) is 1.51. The molecule has 0 aromatic rings. The molecule has 0 unspecified atom stereocenters. The van der Waals surface area contributed by atoms with Crippen molar-refractivity contribution in [1.82, 2.24) is 0 Å². The van der Waals surface area contributed by atoms with E-state index in [1.807, 2.05) is 19.1 Å². The summed E-state index contributed by atoms with van der Waals surface area (Å²) in [7, 11) is 7.76. The van der Waals surface area contributed by atoms with Crippen LogP contribution in [0.1, 0.15) is 46.0 Å². The first-order valence-electron chi connectivity index (χ1n) is 14.9. The Labute approximate surface area is 311 Å². The number of nitrogens with two attached hydrogens (primary N) is 1. The van der Waals surface area contributed by atoms with Crippen molar-refractivity contribution in [3.05, 3.63) is 49.1 Å². The van der Waals surface area contributed by atoms with Crippen molar-refractivity contribution in [1.29, 1.82) is 10.5 Å². The van der Waals surface area contributed by atoms with E-state index >= 15 is 0 Å². The van der Waals surface area contributed by atoms with Gasteiger partial charge in [-0.25, -0.2) is 4.79 Å². The Morgan fingerprint density at radius 1 is 0.660 bits per heavy atom. The Hall–Kier alpha value is -5.89. The number of ether oxygens (including phenoxy) is 7. The van der Waals surface area contributed by atoms with E-state index in [1.165, 1.54) is 73.9 Å². The smallest absolute Gasteiger partial charge is 0.331 e. The predicted octanol–water partition coefficient (Wildman–Crippen LogP) is 1.32. The summed E-state index contributed by atoms with van der Waals surface area (Å²) in [5, 5.41) is 31.9. The summed E-state index contributed by atoms with van der Waals surface area (Å²) >= 11 is 0. The molecule has 19 nitrogen and oxygen atoms in total. The molecular formula is C34H55N3O16. The third kappa shape index (κ3) is 87.0. The highest BCUT2D eigenvalue weighted by atomic mass is 16.5. The molecule has 0 aliphatic rings. The lowest BCUT2D eigenvalue weighted by Gasteiger charge is -1.92. The Bertz CT molecular complexity index is 1110. The summed E-state index contributed by atoms with van der Waals surface area (Å²) < 4.78 is 29.8. The fourth-order valence-electron chi connectivity index (χ4n) is 1.51. The zero-order chi connectivity index (χ0) is 42.7. The van der Waals surface area contributed by atoms with Crippen LogP contribution >= 0.6 is 0 Å². The second-order valence-corrected chi connectivity index (χ2v) is 7.92. The second-order valence-electron chi connectivity index (χ2n) is 7.92. The highest BCUT2D eigenvalue weighted by molar-refractivity contribution is 5.72. The van der Waals surface area contributed by atoms with Crippen molar-refractivity contribution in [2.24, 2.45) is 5.73 Å². The van der Waals surface area contributed by atoms with Crippen molar-refractivity contribution < 1.29 is 76.9 Å². The highest BCUT2D eigenvalue weighted by Crippen LogP contribution is 1.86. The Morgan fingerprint density at radius 3 is 1.36 bits per heavy atom. The number of nitrogens with zero attached hydrogens (tertiary/aromatic N) is 2. The van der Waals surface area contributed by atoms with Crippen LogP contribution < -0.4 is 5.73 Å². The number of rotatable bonds is 13. The fraction of sp³-hybridized carbons (Fsp3) is 0.500. The summed E-state index contributed by atoms with van der Waals surface area (Å²) in [4.78, 5) is 70.4. The van der Waals surface area contributed by atoms with Gasteiger partial charge >= 0.3 is 41.8 Å². The number of methoxy groups -OCH3 is 6. The van der Waals surface area contributed by atoms with Crippen molar-refractivity contribution in [2.45, 2.75) is 46.0 Å². The number of allylic oxidation sites excluding steroid dienone is 2. The number of hydrogen-bond acceptors (Lipinski definition) is 19. The van der Waals surface area contributed by atoms with Crippen molar-refractivity contribution in [2.75, 3.05) is 69.0 Å². The summed E-state index contributed by atoms with van der Waals surface area (Å²) in [6, 6.07) is 3.40. The van der Waals surface area contributed by atoms with Crippen LogP contribution in [0.25, 0.3) is 0 Å². The van der Waals surface area contributed by atoms with Gasteiger partial charge in [0.05, 0.1) is 87.2 Å². The first kappa shape index (κ1) is 62.3. The van der Waals surface area contributed by atoms with Crippen LogP contribution in [0.4, 0.5) is 0 Å². The van der Waals surface area contributed by atoms with Gasteiger partial charge in [0.1, 0.15) is 19.6 Å². The lowest BCUT2D eigenvalue weighted by atomic mass is 10.4. The van der Waals surface area contributed by atoms with Gasteiger partial charge in [0.25, 0.3) is 0 Å². The van der Waals surface area contributed by atoms with E-state index in [9.17, 15) is 33.6 Å². The molecule has 0 aromatic heterocycles. The van der Waals surface area contributed by atoms with Gasteiger partial charge < -0.3 is 49.1 Å². The number of carbonyl (C=O) groups is 7. The summed E-state index contributed by atoms with van der Waals surface area (Å²) in [5.74, 6) is -2.56. The van der Waals surface area contributed by atoms with Crippen LogP contribution in [-0.2, 0) is 66.7 Å². The molecule has 19 heteroatoms. The van der Waals surface area contributed by atoms with E-state index in [4.69, 9.17) is 26.5 Å². The van der Waals surface area contributed by atoms with Crippen LogP contribution in [0.15, 0.2) is 49.1 Å². The molecule has 0 saturated heterocycles. The monoisotopic (exact) mass is 761 g/mol. The minimum atomic E-state index is -0.602. The van der Waals surface area contributed by atoms with Crippen molar-refractivity contribution >= 4 is 41.8 Å². The molecule has 4 N–H and O–H groups in total. The van der Waals surface area contributed by atoms with E-state index in [-0.39, 0.29) is 62.3 Å². The lowest BCUT2D eigenvalue weighted by molar-refractivity contribution is -0.144. The van der Waals surface area contributed by atoms with E-state index in [0.717, 1.165) is 6.42 Å². The minimum absolute atomic E-state index is 0.0308. The summed E-state index contributed by atoms with van der Waals surface area (Å²) in [5.41, 5.74) is 4.81. The van der Waals surface area contributed by atoms with Gasteiger partial charge in [0, 0.05) is 13.0 Å². The maximum Gasteiger partial charge on any atom is 0.331 e. The van der Waals surface area contributed by atoms with Crippen molar-refractivity contribution in [3.8, 4) is 12.1 Å². The molecule has 0 spiro atoms. The molecule has 0 bridgehead atoms. The number of esters is 7. The van der Waals surface area contributed by atoms with E-state index in [1.54, 1.807) is 18.2 Å². The highest BCUT2D eigenvalue weighted by Gasteiger charge is 1.94. The lowest BCUT2D eigenvalue weighted by Crippen LogP contribution is -2.14. The average molecular weight is 762 g/mol. The second kappa shape index (κ2) is 58.3. The largest absolute Gasteiger partial charge is 0.469 e. The van der Waals surface area contributed by atoms with Crippen LogP contribution in [0.2, 0.25) is 0 Å². The standard InChI is InChI=1S/C7H12O2.C6H7NO2.C6H10O3.C5H8O2.C4H5NO2.C3H7NO2.C3H6O3/c1-3-4-5-6-9-7(2)8;2*1-9-6(8)4-2-3-5-7;1-3-4-5(6)7-2;1-7-4(6)2-3-5;2*1-6-3(5)2-4/h4-5H,3,6H2,1-2H3;2-3H,4H2,1H3;2-3,7H,4-5H2,1H3;3H,1,4H2,2H3;2H2,1H3;2,4H2,1H3;4H,2H2,1H3. The molecule has 0 aromatic carbocycles. The first-order valence-corrected chi connectivity index (χ1v) is 14.9. The molecule has 0 saturated carbocycles. The van der Waals surface area contributed by atoms with E-state index in [0.29, 0.717) is 13.0 Å². The molecule has 0 amide bonds. The Morgan fingerprint density at radius 2 is 1.11 bits per heavy atom. The van der Waals surface area contributed by atoms with Gasteiger partial charge in [0.2, 0.25) is 0 Å².